The third-order valence-electron chi connectivity index (χ3n) is 4.89. The number of nitrogens with zero attached hydrogens (tertiary/aromatic N) is 1. The zero-order valence-electron chi connectivity index (χ0n) is 12.5. The average Bonchev–Trinajstić information content (AvgIpc) is 2.44. The first-order valence-electron chi connectivity index (χ1n) is 7.89. The second-order valence-electron chi connectivity index (χ2n) is 6.36. The lowest BCUT2D eigenvalue weighted by Crippen LogP contribution is -2.50. The van der Waals surface area contributed by atoms with Crippen LogP contribution in [0.3, 0.4) is 0 Å². The highest BCUT2D eigenvalue weighted by Crippen LogP contribution is 2.37. The molecule has 0 unspecified atom stereocenters. The van der Waals surface area contributed by atoms with Gasteiger partial charge in [0.05, 0.1) is 0 Å². The highest BCUT2D eigenvalue weighted by atomic mass is 19.1. The van der Waals surface area contributed by atoms with Gasteiger partial charge in [0.25, 0.3) is 0 Å². The summed E-state index contributed by atoms with van der Waals surface area (Å²) >= 11 is 0. The van der Waals surface area contributed by atoms with Gasteiger partial charge in [-0.05, 0) is 49.3 Å². The maximum absolute atomic E-state index is 12.9. The normalized spacial score (nSPS) is 26.5. The smallest absolute Gasteiger partial charge is 0.219 e. The van der Waals surface area contributed by atoms with Crippen molar-refractivity contribution in [2.45, 2.75) is 50.6 Å². The molecule has 2 fully saturated rings. The third kappa shape index (κ3) is 3.43. The van der Waals surface area contributed by atoms with Gasteiger partial charge in [-0.3, -0.25) is 4.79 Å². The molecule has 4 heteroatoms. The Morgan fingerprint density at radius 3 is 2.33 bits per heavy atom. The fourth-order valence-corrected chi connectivity index (χ4v) is 3.46. The zero-order valence-corrected chi connectivity index (χ0v) is 12.5. The predicted octanol–water partition coefficient (Wildman–Crippen LogP) is 2.67. The zero-order chi connectivity index (χ0) is 14.8. The summed E-state index contributed by atoms with van der Waals surface area (Å²) in [5.74, 6) is 0.596. The minimum atomic E-state index is -0.162. The maximum Gasteiger partial charge on any atom is 0.219 e. The Balaban J connectivity index is 1.41. The van der Waals surface area contributed by atoms with E-state index in [2.05, 4.69) is 5.32 Å². The van der Waals surface area contributed by atoms with E-state index >= 15 is 0 Å². The van der Waals surface area contributed by atoms with Crippen molar-refractivity contribution in [1.82, 2.24) is 10.2 Å². The van der Waals surface area contributed by atoms with E-state index in [0.29, 0.717) is 18.0 Å². The Hall–Kier alpha value is -1.42. The van der Waals surface area contributed by atoms with E-state index in [9.17, 15) is 9.18 Å². The van der Waals surface area contributed by atoms with Crippen molar-refractivity contribution in [3.05, 3.63) is 35.6 Å². The van der Waals surface area contributed by atoms with Crippen LogP contribution in [0.25, 0.3) is 0 Å². The van der Waals surface area contributed by atoms with Crippen molar-refractivity contribution in [2.24, 2.45) is 0 Å². The Kier molecular flexibility index (Phi) is 4.24. The van der Waals surface area contributed by atoms with Gasteiger partial charge in [-0.2, -0.15) is 0 Å². The third-order valence-corrected chi connectivity index (χ3v) is 4.89. The van der Waals surface area contributed by atoms with Crippen molar-refractivity contribution in [3.8, 4) is 0 Å². The van der Waals surface area contributed by atoms with Gasteiger partial charge in [0, 0.05) is 32.1 Å². The molecule has 3 nitrogen and oxygen atoms in total. The Bertz CT molecular complexity index is 488. The lowest BCUT2D eigenvalue weighted by Gasteiger charge is -2.41. The van der Waals surface area contributed by atoms with E-state index in [1.54, 1.807) is 19.1 Å². The van der Waals surface area contributed by atoms with E-state index in [4.69, 9.17) is 0 Å². The summed E-state index contributed by atoms with van der Waals surface area (Å²) in [7, 11) is 0. The molecule has 1 aliphatic carbocycles. The van der Waals surface area contributed by atoms with Crippen LogP contribution in [-0.4, -0.2) is 36.0 Å². The molecule has 0 aromatic heterocycles. The molecule has 1 aromatic rings. The van der Waals surface area contributed by atoms with Crippen molar-refractivity contribution in [1.29, 1.82) is 0 Å². The number of hydrogen-bond acceptors (Lipinski definition) is 2. The molecule has 0 spiro atoms. The van der Waals surface area contributed by atoms with Crippen molar-refractivity contribution in [2.75, 3.05) is 13.1 Å². The number of likely N-dealkylation sites (tertiary alicyclic amines) is 1. The summed E-state index contributed by atoms with van der Waals surface area (Å²) in [6, 6.07) is 8.03. The Labute approximate surface area is 125 Å². The van der Waals surface area contributed by atoms with Gasteiger partial charge in [-0.15, -0.1) is 0 Å². The second-order valence-corrected chi connectivity index (χ2v) is 6.36. The number of halogens is 1. The summed E-state index contributed by atoms with van der Waals surface area (Å²) < 4.78 is 12.9. The number of piperidine rings is 1. The highest BCUT2D eigenvalue weighted by molar-refractivity contribution is 5.73. The lowest BCUT2D eigenvalue weighted by molar-refractivity contribution is -0.129. The van der Waals surface area contributed by atoms with Gasteiger partial charge in [0.15, 0.2) is 0 Å². The molecule has 1 aromatic carbocycles. The number of amides is 1. The summed E-state index contributed by atoms with van der Waals surface area (Å²) in [6.07, 6.45) is 4.38. The van der Waals surface area contributed by atoms with Crippen LogP contribution in [0.1, 0.15) is 44.1 Å². The first-order chi connectivity index (χ1) is 10.1. The fraction of sp³-hybridized carbons (Fsp3) is 0.588. The van der Waals surface area contributed by atoms with Gasteiger partial charge in [0.1, 0.15) is 5.82 Å². The van der Waals surface area contributed by atoms with E-state index in [-0.39, 0.29) is 11.7 Å². The van der Waals surface area contributed by atoms with Gasteiger partial charge in [-0.25, -0.2) is 4.39 Å². The van der Waals surface area contributed by atoms with Gasteiger partial charge in [-0.1, -0.05) is 12.1 Å². The molecular weight excluding hydrogens is 267 g/mol. The van der Waals surface area contributed by atoms with Crippen LogP contribution in [0.4, 0.5) is 4.39 Å². The molecule has 1 saturated carbocycles. The minimum absolute atomic E-state index is 0.162. The maximum atomic E-state index is 12.9. The number of nitrogens with one attached hydrogen (secondary N) is 1. The molecule has 1 amide bonds. The number of carbonyl (C=O) groups is 1. The molecule has 2 aliphatic rings. The van der Waals surface area contributed by atoms with Crippen LogP contribution in [-0.2, 0) is 4.79 Å². The molecule has 1 heterocycles. The molecule has 0 bridgehead atoms. The van der Waals surface area contributed by atoms with Gasteiger partial charge < -0.3 is 10.2 Å². The van der Waals surface area contributed by atoms with Crippen LogP contribution in [0, 0.1) is 5.82 Å². The van der Waals surface area contributed by atoms with Crippen molar-refractivity contribution < 1.29 is 9.18 Å². The molecule has 0 radical (unpaired) electrons. The fourth-order valence-electron chi connectivity index (χ4n) is 3.46. The van der Waals surface area contributed by atoms with Crippen molar-refractivity contribution in [3.63, 3.8) is 0 Å². The molecule has 1 saturated heterocycles. The van der Waals surface area contributed by atoms with E-state index < -0.39 is 0 Å². The molecule has 1 N–H and O–H groups in total. The Morgan fingerprint density at radius 1 is 1.14 bits per heavy atom. The SMILES string of the molecule is CC(=O)N1CCC(NC2CC(c3ccc(F)cc3)C2)CC1. The topological polar surface area (TPSA) is 32.3 Å². The first-order valence-corrected chi connectivity index (χ1v) is 7.89. The minimum Gasteiger partial charge on any atom is -0.343 e. The first kappa shape index (κ1) is 14.5. The summed E-state index contributed by atoms with van der Waals surface area (Å²) in [6.45, 7) is 3.40. The molecule has 3 rings (SSSR count). The van der Waals surface area contributed by atoms with Crippen LogP contribution >= 0.6 is 0 Å². The van der Waals surface area contributed by atoms with E-state index in [1.165, 1.54) is 5.56 Å². The Morgan fingerprint density at radius 2 is 1.76 bits per heavy atom. The average molecular weight is 290 g/mol. The summed E-state index contributed by atoms with van der Waals surface area (Å²) in [4.78, 5) is 13.2. The number of carbonyl (C=O) groups excluding carboxylic acids is 1. The quantitative estimate of drug-likeness (QED) is 0.928. The van der Waals surface area contributed by atoms with Crippen LogP contribution < -0.4 is 5.32 Å². The standard InChI is InChI=1S/C17H23FN2O/c1-12(21)20-8-6-16(7-9-20)19-17-10-14(11-17)13-2-4-15(18)5-3-13/h2-5,14,16-17,19H,6-11H2,1H3. The molecule has 0 atom stereocenters. The van der Waals surface area contributed by atoms with E-state index in [0.717, 1.165) is 38.8 Å². The largest absolute Gasteiger partial charge is 0.343 e. The van der Waals surface area contributed by atoms with Gasteiger partial charge >= 0.3 is 0 Å². The number of benzene rings is 1. The summed E-state index contributed by atoms with van der Waals surface area (Å²) in [5, 5.41) is 3.71. The molecule has 21 heavy (non-hydrogen) atoms. The van der Waals surface area contributed by atoms with Crippen LogP contribution in [0.5, 0.6) is 0 Å². The second kappa shape index (κ2) is 6.14. The molecular formula is C17H23FN2O. The molecule has 1 aliphatic heterocycles. The lowest BCUT2D eigenvalue weighted by atomic mass is 9.75. The van der Waals surface area contributed by atoms with Crippen LogP contribution in [0.2, 0.25) is 0 Å². The number of hydrogen-bond donors (Lipinski definition) is 1. The van der Waals surface area contributed by atoms with Crippen LogP contribution in [0.15, 0.2) is 24.3 Å². The van der Waals surface area contributed by atoms with Gasteiger partial charge in [0.2, 0.25) is 5.91 Å². The molecule has 114 valence electrons. The number of rotatable bonds is 3. The monoisotopic (exact) mass is 290 g/mol. The highest BCUT2D eigenvalue weighted by Gasteiger charge is 2.32. The van der Waals surface area contributed by atoms with Crippen molar-refractivity contribution >= 4 is 5.91 Å². The summed E-state index contributed by atoms with van der Waals surface area (Å²) in [5.41, 5.74) is 1.25. The van der Waals surface area contributed by atoms with E-state index in [1.807, 2.05) is 17.0 Å². The predicted molar refractivity (Wildman–Crippen MR) is 80.6 cm³/mol.